The monoisotopic (exact) mass is 564 g/mol. The van der Waals surface area contributed by atoms with E-state index >= 15 is 0 Å². The number of thiazole rings is 1. The van der Waals surface area contributed by atoms with Crippen LogP contribution in [-0.2, 0) is 9.53 Å². The molecule has 1 atom stereocenters. The Kier molecular flexibility index (Phi) is 9.47. The average molecular weight is 565 g/mol. The number of carbonyl (C=O) groups is 1. The van der Waals surface area contributed by atoms with Crippen molar-refractivity contribution < 1.29 is 24.1 Å². The zero-order valence-electron chi connectivity index (χ0n) is 23.6. The molecule has 0 amide bonds. The van der Waals surface area contributed by atoms with Crippen LogP contribution in [0.2, 0.25) is 0 Å². The number of rotatable bonds is 11. The number of methoxy groups -OCH3 is 1. The van der Waals surface area contributed by atoms with E-state index in [4.69, 9.17) is 14.2 Å². The van der Waals surface area contributed by atoms with Gasteiger partial charge in [-0.15, -0.1) is 0 Å². The summed E-state index contributed by atoms with van der Waals surface area (Å²) in [4.78, 5) is 32.3. The van der Waals surface area contributed by atoms with Crippen LogP contribution >= 0.6 is 11.3 Å². The molecule has 0 fully saturated rings. The standard InChI is InChI=1S/C31H36N2O6S/c1-6-7-8-15-38-23-12-10-22(11-13-23)28-27(30(36)39-18-19(2)3)20(4)32-31-33(28)29(35)26(40-31)17-21-9-14-24(34)25(16-21)37-5/h9-14,16-17,19,28,34H,6-8,15,18H2,1-5H3. The van der Waals surface area contributed by atoms with E-state index in [9.17, 15) is 14.7 Å². The van der Waals surface area contributed by atoms with Gasteiger partial charge in [0.2, 0.25) is 0 Å². The number of aromatic nitrogens is 1. The van der Waals surface area contributed by atoms with Gasteiger partial charge in [-0.2, -0.15) is 0 Å². The predicted molar refractivity (Wildman–Crippen MR) is 156 cm³/mol. The van der Waals surface area contributed by atoms with Gasteiger partial charge < -0.3 is 19.3 Å². The molecular weight excluding hydrogens is 528 g/mol. The number of allylic oxidation sites excluding steroid dienone is 1. The zero-order chi connectivity index (χ0) is 28.8. The minimum atomic E-state index is -0.707. The fraction of sp³-hybridized carbons (Fsp3) is 0.387. The topological polar surface area (TPSA) is 99.4 Å². The van der Waals surface area contributed by atoms with Crippen LogP contribution in [0.15, 0.2) is 63.5 Å². The highest BCUT2D eigenvalue weighted by Gasteiger charge is 2.33. The van der Waals surface area contributed by atoms with E-state index in [2.05, 4.69) is 11.9 Å². The number of esters is 1. The second-order valence-corrected chi connectivity index (χ2v) is 11.1. The maximum atomic E-state index is 13.8. The van der Waals surface area contributed by atoms with Gasteiger partial charge in [0.25, 0.3) is 5.56 Å². The van der Waals surface area contributed by atoms with Crippen molar-refractivity contribution in [2.75, 3.05) is 20.3 Å². The van der Waals surface area contributed by atoms with Gasteiger partial charge in [0, 0.05) is 0 Å². The van der Waals surface area contributed by atoms with Crippen molar-refractivity contribution in [1.29, 1.82) is 0 Å². The van der Waals surface area contributed by atoms with E-state index in [0.29, 0.717) is 38.5 Å². The van der Waals surface area contributed by atoms with E-state index in [1.807, 2.05) is 38.1 Å². The van der Waals surface area contributed by atoms with Crippen LogP contribution < -0.4 is 24.4 Å². The van der Waals surface area contributed by atoms with Crippen LogP contribution in [0.25, 0.3) is 6.08 Å². The van der Waals surface area contributed by atoms with Crippen molar-refractivity contribution in [1.82, 2.24) is 4.57 Å². The Labute approximate surface area is 237 Å². The van der Waals surface area contributed by atoms with Gasteiger partial charge >= 0.3 is 5.97 Å². The van der Waals surface area contributed by atoms with E-state index in [1.54, 1.807) is 29.7 Å². The minimum Gasteiger partial charge on any atom is -0.504 e. The molecule has 40 heavy (non-hydrogen) atoms. The first-order chi connectivity index (χ1) is 19.2. The Bertz CT molecular complexity index is 1570. The average Bonchev–Trinajstić information content (AvgIpc) is 3.24. The molecular formula is C31H36N2O6S. The molecule has 9 heteroatoms. The van der Waals surface area contributed by atoms with Gasteiger partial charge in [-0.25, -0.2) is 9.79 Å². The van der Waals surface area contributed by atoms with Crippen molar-refractivity contribution >= 4 is 23.4 Å². The number of phenolic OH excluding ortho intramolecular Hbond substituents is 1. The Morgan fingerprint density at radius 1 is 1.18 bits per heavy atom. The third-order valence-electron chi connectivity index (χ3n) is 6.50. The maximum absolute atomic E-state index is 13.8. The van der Waals surface area contributed by atoms with E-state index in [-0.39, 0.29) is 23.8 Å². The third-order valence-corrected chi connectivity index (χ3v) is 7.49. The van der Waals surface area contributed by atoms with Gasteiger partial charge in [-0.1, -0.05) is 63.1 Å². The lowest BCUT2D eigenvalue weighted by Crippen LogP contribution is -2.40. The summed E-state index contributed by atoms with van der Waals surface area (Å²) < 4.78 is 18.7. The molecule has 0 aliphatic carbocycles. The quantitative estimate of drug-likeness (QED) is 0.267. The molecule has 1 N–H and O–H groups in total. The summed E-state index contributed by atoms with van der Waals surface area (Å²) in [5.41, 5.74) is 2.02. The molecule has 2 aromatic carbocycles. The molecule has 0 radical (unpaired) electrons. The second-order valence-electron chi connectivity index (χ2n) is 10.1. The summed E-state index contributed by atoms with van der Waals surface area (Å²) in [6, 6.07) is 11.7. The van der Waals surface area contributed by atoms with Crippen molar-refractivity contribution in [2.45, 2.75) is 53.0 Å². The summed E-state index contributed by atoms with van der Waals surface area (Å²) in [6.45, 7) is 8.76. The normalized spacial score (nSPS) is 15.2. The molecule has 8 nitrogen and oxygen atoms in total. The van der Waals surface area contributed by atoms with Crippen LogP contribution in [0.3, 0.4) is 0 Å². The number of carbonyl (C=O) groups excluding carboxylic acids is 1. The summed E-state index contributed by atoms with van der Waals surface area (Å²) in [5, 5.41) is 9.95. The third kappa shape index (κ3) is 6.47. The highest BCUT2D eigenvalue weighted by Crippen LogP contribution is 2.32. The second kappa shape index (κ2) is 13.0. The molecule has 1 aliphatic rings. The fourth-order valence-electron chi connectivity index (χ4n) is 4.44. The Balaban J connectivity index is 1.79. The first kappa shape index (κ1) is 29.1. The number of unbranched alkanes of at least 4 members (excludes halogenated alkanes) is 2. The van der Waals surface area contributed by atoms with E-state index < -0.39 is 12.0 Å². The molecule has 0 spiro atoms. The molecule has 2 heterocycles. The van der Waals surface area contributed by atoms with E-state index in [1.165, 1.54) is 24.5 Å². The first-order valence-electron chi connectivity index (χ1n) is 13.5. The minimum absolute atomic E-state index is 0.0130. The van der Waals surface area contributed by atoms with Crippen LogP contribution in [0.4, 0.5) is 0 Å². The lowest BCUT2D eigenvalue weighted by atomic mass is 9.96. The van der Waals surface area contributed by atoms with Crippen molar-refractivity contribution in [3.8, 4) is 17.2 Å². The molecule has 3 aromatic rings. The van der Waals surface area contributed by atoms with Crippen molar-refractivity contribution in [3.63, 3.8) is 0 Å². The summed E-state index contributed by atoms with van der Waals surface area (Å²) in [7, 11) is 1.47. The number of fused-ring (bicyclic) bond motifs is 1. The maximum Gasteiger partial charge on any atom is 0.338 e. The van der Waals surface area contributed by atoms with E-state index in [0.717, 1.165) is 30.6 Å². The molecule has 1 aromatic heterocycles. The van der Waals surface area contributed by atoms with Crippen LogP contribution in [0.5, 0.6) is 17.2 Å². The molecule has 1 unspecified atom stereocenters. The molecule has 1 aliphatic heterocycles. The van der Waals surface area contributed by atoms with Gasteiger partial charge in [0.05, 0.1) is 42.2 Å². The summed E-state index contributed by atoms with van der Waals surface area (Å²) >= 11 is 1.24. The fourth-order valence-corrected chi connectivity index (χ4v) is 5.49. The zero-order valence-corrected chi connectivity index (χ0v) is 24.4. The first-order valence-corrected chi connectivity index (χ1v) is 14.3. The Morgan fingerprint density at radius 2 is 1.93 bits per heavy atom. The van der Waals surface area contributed by atoms with Gasteiger partial charge in [0.15, 0.2) is 16.3 Å². The van der Waals surface area contributed by atoms with Crippen LogP contribution in [0, 0.1) is 5.92 Å². The molecule has 0 saturated carbocycles. The number of benzene rings is 2. The number of phenols is 1. The highest BCUT2D eigenvalue weighted by atomic mass is 32.1. The predicted octanol–water partition coefficient (Wildman–Crippen LogP) is 4.72. The van der Waals surface area contributed by atoms with Crippen molar-refractivity contribution in [2.24, 2.45) is 10.9 Å². The summed E-state index contributed by atoms with van der Waals surface area (Å²) in [6.07, 6.45) is 4.94. The van der Waals surface area contributed by atoms with Crippen molar-refractivity contribution in [3.05, 3.63) is 84.5 Å². The van der Waals surface area contributed by atoms with Crippen LogP contribution in [-0.4, -0.2) is 36.0 Å². The summed E-state index contributed by atoms with van der Waals surface area (Å²) in [5.74, 6) is 0.730. The largest absolute Gasteiger partial charge is 0.504 e. The molecule has 0 bridgehead atoms. The Morgan fingerprint density at radius 3 is 2.60 bits per heavy atom. The number of aromatic hydroxyl groups is 1. The smallest absolute Gasteiger partial charge is 0.338 e. The lowest BCUT2D eigenvalue weighted by Gasteiger charge is -2.25. The molecule has 212 valence electrons. The van der Waals surface area contributed by atoms with Crippen LogP contribution in [0.1, 0.15) is 64.1 Å². The Hall–Kier alpha value is -3.85. The molecule has 0 saturated heterocycles. The van der Waals surface area contributed by atoms with Gasteiger partial charge in [-0.3, -0.25) is 9.36 Å². The SMILES string of the molecule is CCCCCOc1ccc(C2C(C(=O)OCC(C)C)=C(C)N=c3sc(=Cc4ccc(O)c(OC)c4)c(=O)n32)cc1. The van der Waals surface area contributed by atoms with Gasteiger partial charge in [-0.05, 0) is 60.7 Å². The number of nitrogens with zero attached hydrogens (tertiary/aromatic N) is 2. The lowest BCUT2D eigenvalue weighted by molar-refractivity contribution is -0.140. The molecule has 4 rings (SSSR count). The highest BCUT2D eigenvalue weighted by molar-refractivity contribution is 7.07. The number of ether oxygens (including phenoxy) is 3. The number of hydrogen-bond donors (Lipinski definition) is 1. The van der Waals surface area contributed by atoms with Gasteiger partial charge in [0.1, 0.15) is 5.75 Å². The number of hydrogen-bond acceptors (Lipinski definition) is 8.